The molecular weight excluding hydrogens is 348 g/mol. The van der Waals surface area contributed by atoms with Gasteiger partial charge in [0.05, 0.1) is 6.61 Å². The van der Waals surface area contributed by atoms with E-state index < -0.39 is 17.9 Å². The van der Waals surface area contributed by atoms with Crippen LogP contribution in [0, 0.1) is 11.8 Å². The highest BCUT2D eigenvalue weighted by Crippen LogP contribution is 2.41. The van der Waals surface area contributed by atoms with Crippen molar-refractivity contribution in [1.82, 2.24) is 0 Å². The summed E-state index contributed by atoms with van der Waals surface area (Å²) < 4.78 is 35.8. The lowest BCUT2D eigenvalue weighted by atomic mass is 10.1. The summed E-state index contributed by atoms with van der Waals surface area (Å²) in [5.41, 5.74) is 0.953. The average molecular weight is 374 g/mol. The lowest BCUT2D eigenvalue weighted by Crippen LogP contribution is -2.44. The number of rotatable bonds is 3. The van der Waals surface area contributed by atoms with Crippen molar-refractivity contribution < 1.29 is 28.4 Å². The molecule has 27 heavy (non-hydrogen) atoms. The molecule has 0 aliphatic carbocycles. The molecule has 0 radical (unpaired) electrons. The summed E-state index contributed by atoms with van der Waals surface area (Å²) in [7, 11) is 0. The Kier molecular flexibility index (Phi) is 5.02. The van der Waals surface area contributed by atoms with Crippen molar-refractivity contribution in [1.29, 1.82) is 0 Å². The molecule has 3 aliphatic heterocycles. The maximum absolute atomic E-state index is 6.10. The van der Waals surface area contributed by atoms with E-state index in [1.54, 1.807) is 0 Å². The number of hydrogen-bond acceptors (Lipinski definition) is 6. The molecule has 0 spiro atoms. The first kappa shape index (κ1) is 18.9. The Morgan fingerprint density at radius 1 is 1.00 bits per heavy atom. The van der Waals surface area contributed by atoms with Gasteiger partial charge < -0.3 is 28.4 Å². The van der Waals surface area contributed by atoms with Crippen LogP contribution in [-0.4, -0.2) is 55.5 Å². The maximum Gasteiger partial charge on any atom is 0.190 e. The van der Waals surface area contributed by atoms with Crippen LogP contribution in [0.1, 0.15) is 33.3 Å². The van der Waals surface area contributed by atoms with Gasteiger partial charge in [-0.15, -0.1) is 0 Å². The van der Waals surface area contributed by atoms with Gasteiger partial charge in [-0.3, -0.25) is 0 Å². The van der Waals surface area contributed by atoms with Gasteiger partial charge in [-0.25, -0.2) is 0 Å². The van der Waals surface area contributed by atoms with Gasteiger partial charge in [0, 0.05) is 5.56 Å². The topological polar surface area (TPSA) is 55.4 Å². The lowest BCUT2D eigenvalue weighted by molar-refractivity contribution is -0.235. The van der Waals surface area contributed by atoms with Crippen LogP contribution in [0.2, 0.25) is 0 Å². The fraction of sp³-hybridized carbons (Fsp3) is 0.619. The molecule has 0 amide bonds. The molecule has 3 heterocycles. The third-order valence-corrected chi connectivity index (χ3v) is 4.78. The Labute approximate surface area is 160 Å². The third kappa shape index (κ3) is 4.19. The van der Waals surface area contributed by atoms with E-state index in [-0.39, 0.29) is 31.0 Å². The standard InChI is InChI=1S/C21H26O6/c1-20(2)23-13-15(25-20)16-17(18-19(24-16)27-21(3,4)26-18)22-12-8-11-14-9-6-5-7-10-14/h5-7,9-10,15-19H,12-13H2,1-4H3/t15-,16-,17-,18-,19-/m1/s1. The molecule has 146 valence electrons. The maximum atomic E-state index is 6.10. The van der Waals surface area contributed by atoms with Gasteiger partial charge in [0.25, 0.3) is 0 Å². The van der Waals surface area contributed by atoms with Crippen molar-refractivity contribution in [3.8, 4) is 11.8 Å². The fourth-order valence-electron chi connectivity index (χ4n) is 3.67. The van der Waals surface area contributed by atoms with Crippen LogP contribution in [0.25, 0.3) is 0 Å². The van der Waals surface area contributed by atoms with E-state index in [0.717, 1.165) is 5.56 Å². The second-order valence-electron chi connectivity index (χ2n) is 7.88. The largest absolute Gasteiger partial charge is 0.360 e. The molecule has 6 nitrogen and oxygen atoms in total. The van der Waals surface area contributed by atoms with E-state index in [9.17, 15) is 0 Å². The van der Waals surface area contributed by atoms with Crippen molar-refractivity contribution >= 4 is 0 Å². The SMILES string of the molecule is CC1(C)O[C@H]2O[C@H]([C@H]3COC(C)(C)O3)[C@@H](OCC#Cc3ccccc3)[C@H]2O1. The van der Waals surface area contributed by atoms with Crippen LogP contribution < -0.4 is 0 Å². The predicted octanol–water partition coefficient (Wildman–Crippen LogP) is 2.45. The van der Waals surface area contributed by atoms with Crippen LogP contribution in [0.15, 0.2) is 30.3 Å². The summed E-state index contributed by atoms with van der Waals surface area (Å²) in [4.78, 5) is 0. The second-order valence-corrected chi connectivity index (χ2v) is 7.88. The average Bonchev–Trinajstić information content (AvgIpc) is 3.22. The van der Waals surface area contributed by atoms with Crippen LogP contribution in [0.3, 0.4) is 0 Å². The van der Waals surface area contributed by atoms with Crippen molar-refractivity contribution in [2.45, 2.75) is 70.0 Å². The molecule has 0 unspecified atom stereocenters. The molecule has 3 saturated heterocycles. The minimum absolute atomic E-state index is 0.243. The quantitative estimate of drug-likeness (QED) is 0.758. The first-order chi connectivity index (χ1) is 12.8. The van der Waals surface area contributed by atoms with E-state index in [1.165, 1.54) is 0 Å². The Hall–Kier alpha value is -1.46. The molecule has 5 atom stereocenters. The summed E-state index contributed by atoms with van der Waals surface area (Å²) in [6, 6.07) is 9.81. The molecule has 1 aromatic carbocycles. The Morgan fingerprint density at radius 2 is 1.78 bits per heavy atom. The number of hydrogen-bond donors (Lipinski definition) is 0. The van der Waals surface area contributed by atoms with Gasteiger partial charge in [-0.1, -0.05) is 30.0 Å². The Bertz CT molecular complexity index is 719. The van der Waals surface area contributed by atoms with Crippen molar-refractivity contribution in [3.63, 3.8) is 0 Å². The molecule has 3 aliphatic rings. The smallest absolute Gasteiger partial charge is 0.190 e. The third-order valence-electron chi connectivity index (χ3n) is 4.78. The van der Waals surface area contributed by atoms with Crippen LogP contribution >= 0.6 is 0 Å². The lowest BCUT2D eigenvalue weighted by Gasteiger charge is -2.28. The van der Waals surface area contributed by atoms with Gasteiger partial charge in [0.15, 0.2) is 17.9 Å². The number of fused-ring (bicyclic) bond motifs is 1. The fourth-order valence-corrected chi connectivity index (χ4v) is 3.67. The minimum atomic E-state index is -0.704. The zero-order chi connectivity index (χ0) is 19.1. The van der Waals surface area contributed by atoms with Crippen LogP contribution in [0.4, 0.5) is 0 Å². The Balaban J connectivity index is 1.45. The van der Waals surface area contributed by atoms with Gasteiger partial charge in [0.1, 0.15) is 31.0 Å². The normalized spacial score (nSPS) is 36.2. The molecule has 0 bridgehead atoms. The van der Waals surface area contributed by atoms with Gasteiger partial charge in [-0.2, -0.15) is 0 Å². The highest BCUT2D eigenvalue weighted by Gasteiger charge is 2.58. The summed E-state index contributed by atoms with van der Waals surface area (Å²) >= 11 is 0. The van der Waals surface area contributed by atoms with Crippen molar-refractivity contribution in [2.75, 3.05) is 13.2 Å². The minimum Gasteiger partial charge on any atom is -0.360 e. The molecule has 3 fully saturated rings. The molecule has 4 rings (SSSR count). The zero-order valence-corrected chi connectivity index (χ0v) is 16.1. The predicted molar refractivity (Wildman–Crippen MR) is 96.7 cm³/mol. The summed E-state index contributed by atoms with van der Waals surface area (Å²) in [6.45, 7) is 8.22. The second kappa shape index (κ2) is 7.17. The molecule has 0 aromatic heterocycles. The van der Waals surface area contributed by atoms with E-state index in [2.05, 4.69) is 11.8 Å². The summed E-state index contributed by atoms with van der Waals surface area (Å²) in [6.07, 6.45) is -1.73. The zero-order valence-electron chi connectivity index (χ0n) is 16.1. The monoisotopic (exact) mass is 374 g/mol. The first-order valence-corrected chi connectivity index (χ1v) is 9.31. The van der Waals surface area contributed by atoms with E-state index >= 15 is 0 Å². The highest BCUT2D eigenvalue weighted by molar-refractivity contribution is 5.33. The van der Waals surface area contributed by atoms with E-state index in [1.807, 2.05) is 58.0 Å². The molecule has 1 aromatic rings. The number of benzene rings is 1. The first-order valence-electron chi connectivity index (χ1n) is 9.31. The van der Waals surface area contributed by atoms with Crippen LogP contribution in [-0.2, 0) is 28.4 Å². The molecular formula is C21H26O6. The van der Waals surface area contributed by atoms with E-state index in [0.29, 0.717) is 6.61 Å². The molecule has 6 heteroatoms. The van der Waals surface area contributed by atoms with Gasteiger partial charge in [-0.05, 0) is 39.8 Å². The van der Waals surface area contributed by atoms with Crippen molar-refractivity contribution in [2.24, 2.45) is 0 Å². The number of ether oxygens (including phenoxy) is 6. The van der Waals surface area contributed by atoms with Gasteiger partial charge in [0.2, 0.25) is 0 Å². The van der Waals surface area contributed by atoms with E-state index in [4.69, 9.17) is 28.4 Å². The van der Waals surface area contributed by atoms with Crippen LogP contribution in [0.5, 0.6) is 0 Å². The summed E-state index contributed by atoms with van der Waals surface area (Å²) in [5.74, 6) is 4.82. The van der Waals surface area contributed by atoms with Gasteiger partial charge >= 0.3 is 0 Å². The molecule has 0 N–H and O–H groups in total. The summed E-state index contributed by atoms with van der Waals surface area (Å²) in [5, 5.41) is 0. The molecule has 0 saturated carbocycles. The highest BCUT2D eigenvalue weighted by atomic mass is 16.8. The Morgan fingerprint density at radius 3 is 2.48 bits per heavy atom. The van der Waals surface area contributed by atoms with Crippen molar-refractivity contribution in [3.05, 3.63) is 35.9 Å².